The molecule has 0 spiro atoms. The average molecular weight is 507 g/mol. The molecule has 3 aromatic carbocycles. The molecule has 1 aromatic heterocycles. The average Bonchev–Trinajstić information content (AvgIpc) is 3.33. The molecule has 7 nitrogen and oxygen atoms in total. The Morgan fingerprint density at radius 3 is 2.50 bits per heavy atom. The summed E-state index contributed by atoms with van der Waals surface area (Å²) in [7, 11) is 0. The molecule has 0 aliphatic carbocycles. The Morgan fingerprint density at radius 1 is 0.974 bits per heavy atom. The lowest BCUT2D eigenvalue weighted by molar-refractivity contribution is 0.209. The molecule has 4 amide bonds. The second-order valence-corrected chi connectivity index (χ2v) is 8.43. The maximum Gasteiger partial charge on any atom is 0.332 e. The van der Waals surface area contributed by atoms with E-state index in [1.807, 2.05) is 48.5 Å². The van der Waals surface area contributed by atoms with Crippen molar-refractivity contribution in [3.05, 3.63) is 114 Å². The highest BCUT2D eigenvalue weighted by atomic mass is 19.1. The molecule has 1 N–H and O–H groups in total. The number of nitrogens with zero attached hydrogens (tertiary/aromatic N) is 3. The highest BCUT2D eigenvalue weighted by molar-refractivity contribution is 6.08. The maximum absolute atomic E-state index is 14.9. The van der Waals surface area contributed by atoms with E-state index >= 15 is 0 Å². The Kier molecular flexibility index (Phi) is 7.27. The zero-order valence-electron chi connectivity index (χ0n) is 20.3. The van der Waals surface area contributed by atoms with Crippen LogP contribution in [0.4, 0.5) is 25.4 Å². The van der Waals surface area contributed by atoms with Gasteiger partial charge in [0.25, 0.3) is 0 Å². The van der Waals surface area contributed by atoms with E-state index in [0.29, 0.717) is 30.0 Å². The van der Waals surface area contributed by atoms with Crippen LogP contribution in [-0.4, -0.2) is 35.0 Å². The van der Waals surface area contributed by atoms with E-state index < -0.39 is 17.9 Å². The van der Waals surface area contributed by atoms with Gasteiger partial charge in [-0.25, -0.2) is 18.9 Å². The van der Waals surface area contributed by atoms with Crippen molar-refractivity contribution in [2.24, 2.45) is 0 Å². The van der Waals surface area contributed by atoms with Crippen LogP contribution < -0.4 is 15.0 Å². The molecular weight excluding hydrogens is 483 g/mol. The van der Waals surface area contributed by atoms with Gasteiger partial charge in [0.15, 0.2) is 11.6 Å². The molecule has 0 unspecified atom stereocenters. The molecule has 0 saturated carbocycles. The minimum absolute atomic E-state index is 0.0344. The molecule has 5 rings (SSSR count). The molecule has 0 bridgehead atoms. The number of urea groups is 2. The lowest BCUT2D eigenvalue weighted by Crippen LogP contribution is -2.39. The highest BCUT2D eigenvalue weighted by Gasteiger charge is 2.34. The number of hydrogen-bond acceptors (Lipinski definition) is 4. The molecular formula is C30H23FN4O3. The van der Waals surface area contributed by atoms with Crippen LogP contribution in [0.2, 0.25) is 0 Å². The van der Waals surface area contributed by atoms with Crippen LogP contribution >= 0.6 is 0 Å². The lowest BCUT2D eigenvalue weighted by atomic mass is 10.1. The highest BCUT2D eigenvalue weighted by Crippen LogP contribution is 2.29. The van der Waals surface area contributed by atoms with Crippen LogP contribution in [0.3, 0.4) is 0 Å². The number of anilines is 2. The fourth-order valence-electron chi connectivity index (χ4n) is 3.95. The first-order valence-electron chi connectivity index (χ1n) is 12.0. The topological polar surface area (TPSA) is 74.8 Å². The Hall–Kier alpha value is -5.16. The minimum atomic E-state index is -0.679. The third-order valence-corrected chi connectivity index (χ3v) is 5.86. The molecule has 1 fully saturated rings. The van der Waals surface area contributed by atoms with E-state index in [1.54, 1.807) is 24.4 Å². The van der Waals surface area contributed by atoms with Crippen molar-refractivity contribution in [2.45, 2.75) is 6.42 Å². The molecule has 4 aromatic rings. The molecule has 0 atom stereocenters. The largest absolute Gasteiger partial charge is 0.453 e. The Balaban J connectivity index is 1.24. The summed E-state index contributed by atoms with van der Waals surface area (Å²) in [5.41, 5.74) is 2.51. The number of carbonyl (C=O) groups excluding carboxylic acids is 2. The van der Waals surface area contributed by atoms with Crippen LogP contribution in [0.1, 0.15) is 11.1 Å². The number of halogens is 1. The van der Waals surface area contributed by atoms with Crippen molar-refractivity contribution in [1.29, 1.82) is 0 Å². The fraction of sp³-hybridized carbons (Fsp3) is 0.100. The van der Waals surface area contributed by atoms with Crippen LogP contribution in [0, 0.1) is 17.7 Å². The smallest absolute Gasteiger partial charge is 0.332 e. The van der Waals surface area contributed by atoms with Gasteiger partial charge in [-0.3, -0.25) is 9.88 Å². The van der Waals surface area contributed by atoms with E-state index in [1.165, 1.54) is 23.2 Å². The van der Waals surface area contributed by atoms with Crippen LogP contribution in [-0.2, 0) is 6.42 Å². The predicted octanol–water partition coefficient (Wildman–Crippen LogP) is 6.08. The molecule has 188 valence electrons. The van der Waals surface area contributed by atoms with Gasteiger partial charge in [0.1, 0.15) is 5.75 Å². The SMILES string of the molecule is O=C(Nc1ccc(Oc2ccncc2C#CCc2ccccc2)c(F)c1)N1CCN(c2ccccc2)C1=O. The van der Waals surface area contributed by atoms with Crippen molar-refractivity contribution in [2.75, 3.05) is 23.3 Å². The number of amides is 4. The van der Waals surface area contributed by atoms with Gasteiger partial charge in [0.05, 0.1) is 12.1 Å². The van der Waals surface area contributed by atoms with E-state index in [-0.39, 0.29) is 18.0 Å². The molecule has 2 heterocycles. The number of benzene rings is 3. The molecule has 1 aliphatic heterocycles. The summed E-state index contributed by atoms with van der Waals surface area (Å²) in [6.07, 6.45) is 3.65. The van der Waals surface area contributed by atoms with Gasteiger partial charge >= 0.3 is 12.1 Å². The third kappa shape index (κ3) is 5.63. The first kappa shape index (κ1) is 24.5. The van der Waals surface area contributed by atoms with Gasteiger partial charge in [-0.2, -0.15) is 0 Å². The second-order valence-electron chi connectivity index (χ2n) is 8.43. The number of ether oxygens (including phenoxy) is 1. The zero-order valence-corrected chi connectivity index (χ0v) is 20.3. The third-order valence-electron chi connectivity index (χ3n) is 5.86. The molecule has 8 heteroatoms. The van der Waals surface area contributed by atoms with Crippen LogP contribution in [0.5, 0.6) is 11.5 Å². The summed E-state index contributed by atoms with van der Waals surface area (Å²) >= 11 is 0. The van der Waals surface area contributed by atoms with Gasteiger partial charge < -0.3 is 10.1 Å². The summed E-state index contributed by atoms with van der Waals surface area (Å²) in [4.78, 5) is 32.2. The second kappa shape index (κ2) is 11.3. The first-order chi connectivity index (χ1) is 18.6. The van der Waals surface area contributed by atoms with E-state index in [9.17, 15) is 14.0 Å². The minimum Gasteiger partial charge on any atom is -0.453 e. The summed E-state index contributed by atoms with van der Waals surface area (Å²) in [6, 6.07) is 23.5. The van der Waals surface area contributed by atoms with E-state index in [0.717, 1.165) is 16.5 Å². The Bertz CT molecular complexity index is 1520. The number of aromatic nitrogens is 1. The fourth-order valence-corrected chi connectivity index (χ4v) is 3.95. The molecule has 0 radical (unpaired) electrons. The maximum atomic E-state index is 14.9. The van der Waals surface area contributed by atoms with Crippen molar-refractivity contribution < 1.29 is 18.7 Å². The summed E-state index contributed by atoms with van der Waals surface area (Å²) in [5, 5.41) is 2.58. The number of pyridine rings is 1. The van der Waals surface area contributed by atoms with Gasteiger partial charge in [0, 0.05) is 48.9 Å². The Labute approximate surface area is 219 Å². The van der Waals surface area contributed by atoms with Crippen LogP contribution in [0.15, 0.2) is 97.3 Å². The number of rotatable bonds is 5. The predicted molar refractivity (Wildman–Crippen MR) is 143 cm³/mol. The molecule has 38 heavy (non-hydrogen) atoms. The first-order valence-corrected chi connectivity index (χ1v) is 12.0. The molecule has 1 aliphatic rings. The van der Waals surface area contributed by atoms with E-state index in [4.69, 9.17) is 4.74 Å². The van der Waals surface area contributed by atoms with Crippen LogP contribution in [0.25, 0.3) is 0 Å². The van der Waals surface area contributed by atoms with Gasteiger partial charge in [-0.1, -0.05) is 60.4 Å². The van der Waals surface area contributed by atoms with Crippen molar-refractivity contribution in [3.63, 3.8) is 0 Å². The van der Waals surface area contributed by atoms with Crippen molar-refractivity contribution in [1.82, 2.24) is 9.88 Å². The number of hydrogen-bond donors (Lipinski definition) is 1. The lowest BCUT2D eigenvalue weighted by Gasteiger charge is -2.18. The number of carbonyl (C=O) groups is 2. The van der Waals surface area contributed by atoms with Gasteiger partial charge in [-0.05, 0) is 29.8 Å². The number of nitrogens with one attached hydrogen (secondary N) is 1. The Morgan fingerprint density at radius 2 is 1.74 bits per heavy atom. The quantitative estimate of drug-likeness (QED) is 0.333. The van der Waals surface area contributed by atoms with E-state index in [2.05, 4.69) is 22.1 Å². The normalized spacial score (nSPS) is 12.6. The monoisotopic (exact) mass is 506 g/mol. The molecule has 1 saturated heterocycles. The standard InChI is InChI=1S/C30H23FN4O3/c31-26-20-24(33-29(36)35-19-18-34(30(35)37)25-12-5-2-6-13-25)14-15-28(26)38-27-16-17-32-21-23(27)11-7-10-22-8-3-1-4-9-22/h1-6,8-9,12-17,20-21H,10,18-19H2,(H,33,36). The number of imide groups is 1. The summed E-state index contributed by atoms with van der Waals surface area (Å²) in [5.74, 6) is 5.77. The number of para-hydroxylation sites is 1. The van der Waals surface area contributed by atoms with Crippen molar-refractivity contribution >= 4 is 23.4 Å². The van der Waals surface area contributed by atoms with Gasteiger partial charge in [-0.15, -0.1) is 0 Å². The van der Waals surface area contributed by atoms with Crippen molar-refractivity contribution in [3.8, 4) is 23.3 Å². The zero-order chi connectivity index (χ0) is 26.3. The van der Waals surface area contributed by atoms with Gasteiger partial charge in [0.2, 0.25) is 0 Å². The summed E-state index contributed by atoms with van der Waals surface area (Å²) in [6.45, 7) is 0.597. The summed E-state index contributed by atoms with van der Waals surface area (Å²) < 4.78 is 20.7.